The Morgan fingerprint density at radius 3 is 2.46 bits per heavy atom. The molecule has 1 fully saturated rings. The summed E-state index contributed by atoms with van der Waals surface area (Å²) in [5.41, 5.74) is 1.10. The lowest BCUT2D eigenvalue weighted by atomic mass is 9.97. The first kappa shape index (κ1) is 20.4. The van der Waals surface area contributed by atoms with Crippen molar-refractivity contribution in [2.45, 2.75) is 24.2 Å². The van der Waals surface area contributed by atoms with Gasteiger partial charge in [-0.1, -0.05) is 36.4 Å². The van der Waals surface area contributed by atoms with E-state index < -0.39 is 14.9 Å². The zero-order valence-electron chi connectivity index (χ0n) is 15.7. The minimum Gasteiger partial charge on any atom is -0.303 e. The van der Waals surface area contributed by atoms with Crippen molar-refractivity contribution in [2.75, 3.05) is 26.2 Å². The second-order valence-corrected chi connectivity index (χ2v) is 8.89. The number of nitro groups is 1. The van der Waals surface area contributed by atoms with Gasteiger partial charge in [-0.15, -0.1) is 0 Å². The summed E-state index contributed by atoms with van der Waals surface area (Å²) < 4.78 is 27.5. The Kier molecular flexibility index (Phi) is 6.77. The lowest BCUT2D eigenvalue weighted by molar-refractivity contribution is -0.385. The second-order valence-electron chi connectivity index (χ2n) is 7.13. The number of sulfonamides is 1. The summed E-state index contributed by atoms with van der Waals surface area (Å²) in [4.78, 5) is 12.6. The minimum atomic E-state index is -3.74. The largest absolute Gasteiger partial charge is 0.303 e. The van der Waals surface area contributed by atoms with Crippen LogP contribution in [0, 0.1) is 16.0 Å². The summed E-state index contributed by atoms with van der Waals surface area (Å²) in [7, 11) is -3.74. The molecular weight excluding hydrogens is 378 g/mol. The van der Waals surface area contributed by atoms with Crippen LogP contribution in [0.2, 0.25) is 0 Å². The fourth-order valence-corrected chi connectivity index (χ4v) is 4.58. The highest BCUT2D eigenvalue weighted by molar-refractivity contribution is 7.89. The van der Waals surface area contributed by atoms with Crippen LogP contribution < -0.4 is 4.72 Å². The quantitative estimate of drug-likeness (QED) is 0.540. The van der Waals surface area contributed by atoms with Crippen LogP contribution >= 0.6 is 0 Å². The van der Waals surface area contributed by atoms with Gasteiger partial charge >= 0.3 is 0 Å². The van der Waals surface area contributed by atoms with Gasteiger partial charge in [-0.05, 0) is 49.9 Å². The van der Waals surface area contributed by atoms with Crippen LogP contribution in [-0.2, 0) is 16.4 Å². The standard InChI is InChI=1S/C20H25N3O4S/c24-23(25)19-7-4-8-20(15-19)28(26,27)21-16-18-10-13-22(14-11-18)12-9-17-5-2-1-3-6-17/h1-8,15,18,21H,9-14,16H2. The summed E-state index contributed by atoms with van der Waals surface area (Å²) in [6, 6.07) is 15.5. The number of non-ortho nitro benzene ring substituents is 1. The second kappa shape index (κ2) is 9.27. The molecule has 0 unspecified atom stereocenters. The topological polar surface area (TPSA) is 92.5 Å². The minimum absolute atomic E-state index is 0.0676. The van der Waals surface area contributed by atoms with Gasteiger partial charge in [0.2, 0.25) is 10.0 Å². The monoisotopic (exact) mass is 403 g/mol. The number of piperidine rings is 1. The van der Waals surface area contributed by atoms with E-state index in [1.807, 2.05) is 6.07 Å². The Bertz CT molecular complexity index is 895. The number of rotatable bonds is 8. The molecule has 1 aliphatic heterocycles. The van der Waals surface area contributed by atoms with E-state index in [1.165, 1.54) is 23.8 Å². The molecule has 150 valence electrons. The molecule has 8 heteroatoms. The van der Waals surface area contributed by atoms with E-state index in [0.717, 1.165) is 45.0 Å². The SMILES string of the molecule is O=[N+]([O-])c1cccc(S(=O)(=O)NCC2CCN(CCc3ccccc3)CC2)c1. The number of nitro benzene ring substituents is 1. The van der Waals surface area contributed by atoms with E-state index >= 15 is 0 Å². The van der Waals surface area contributed by atoms with Crippen LogP contribution in [-0.4, -0.2) is 44.4 Å². The van der Waals surface area contributed by atoms with E-state index in [-0.39, 0.29) is 16.5 Å². The Hall–Kier alpha value is -2.29. The summed E-state index contributed by atoms with van der Waals surface area (Å²) in [5.74, 6) is 0.279. The Labute approximate surface area is 165 Å². The van der Waals surface area contributed by atoms with Gasteiger partial charge in [-0.2, -0.15) is 0 Å². The van der Waals surface area contributed by atoms with Crippen molar-refractivity contribution in [3.8, 4) is 0 Å². The molecule has 0 saturated carbocycles. The zero-order chi connectivity index (χ0) is 20.0. The van der Waals surface area contributed by atoms with Gasteiger partial charge in [0, 0.05) is 25.2 Å². The molecule has 2 aromatic carbocycles. The zero-order valence-corrected chi connectivity index (χ0v) is 16.5. The highest BCUT2D eigenvalue weighted by Gasteiger charge is 2.22. The molecule has 0 amide bonds. The van der Waals surface area contributed by atoms with Gasteiger partial charge in [0.05, 0.1) is 9.82 Å². The number of hydrogen-bond acceptors (Lipinski definition) is 5. The fourth-order valence-electron chi connectivity index (χ4n) is 3.42. The predicted octanol–water partition coefficient (Wildman–Crippen LogP) is 2.83. The van der Waals surface area contributed by atoms with Gasteiger partial charge in [0.25, 0.3) is 5.69 Å². The maximum atomic E-state index is 12.4. The van der Waals surface area contributed by atoms with Gasteiger partial charge in [0.1, 0.15) is 0 Å². The summed E-state index contributed by atoms with van der Waals surface area (Å²) in [6.07, 6.45) is 2.89. The van der Waals surface area contributed by atoms with Crippen LogP contribution in [0.25, 0.3) is 0 Å². The van der Waals surface area contributed by atoms with Gasteiger partial charge < -0.3 is 4.90 Å². The first-order chi connectivity index (χ1) is 13.4. The normalized spacial score (nSPS) is 16.1. The van der Waals surface area contributed by atoms with E-state index in [0.29, 0.717) is 6.54 Å². The number of hydrogen-bond donors (Lipinski definition) is 1. The molecule has 0 atom stereocenters. The highest BCUT2D eigenvalue weighted by Crippen LogP contribution is 2.20. The number of nitrogens with zero attached hydrogens (tertiary/aromatic N) is 2. The predicted molar refractivity (Wildman–Crippen MR) is 108 cm³/mol. The van der Waals surface area contributed by atoms with Gasteiger partial charge in [-0.25, -0.2) is 13.1 Å². The van der Waals surface area contributed by atoms with Crippen molar-refractivity contribution < 1.29 is 13.3 Å². The maximum Gasteiger partial charge on any atom is 0.270 e. The van der Waals surface area contributed by atoms with Crippen molar-refractivity contribution in [1.29, 1.82) is 0 Å². The molecule has 2 aromatic rings. The lowest BCUT2D eigenvalue weighted by Crippen LogP contribution is -2.39. The highest BCUT2D eigenvalue weighted by atomic mass is 32.2. The molecule has 0 bridgehead atoms. The third-order valence-electron chi connectivity index (χ3n) is 5.17. The first-order valence-electron chi connectivity index (χ1n) is 9.44. The smallest absolute Gasteiger partial charge is 0.270 e. The molecule has 3 rings (SSSR count). The molecule has 0 aliphatic carbocycles. The van der Waals surface area contributed by atoms with Gasteiger partial charge in [0.15, 0.2) is 0 Å². The maximum absolute atomic E-state index is 12.4. The van der Waals surface area contributed by atoms with Crippen LogP contribution in [0.5, 0.6) is 0 Å². The van der Waals surface area contributed by atoms with E-state index in [2.05, 4.69) is 33.9 Å². The molecule has 0 spiro atoms. The summed E-state index contributed by atoms with van der Waals surface area (Å²) in [6.45, 7) is 3.28. The van der Waals surface area contributed by atoms with Crippen LogP contribution in [0.1, 0.15) is 18.4 Å². The van der Waals surface area contributed by atoms with Crippen molar-refractivity contribution >= 4 is 15.7 Å². The van der Waals surface area contributed by atoms with E-state index in [9.17, 15) is 18.5 Å². The Morgan fingerprint density at radius 1 is 1.07 bits per heavy atom. The molecule has 0 radical (unpaired) electrons. The van der Waals surface area contributed by atoms with Crippen LogP contribution in [0.3, 0.4) is 0 Å². The lowest BCUT2D eigenvalue weighted by Gasteiger charge is -2.32. The molecule has 1 N–H and O–H groups in total. The molecule has 1 saturated heterocycles. The molecule has 1 aliphatic rings. The van der Waals surface area contributed by atoms with E-state index in [1.54, 1.807) is 0 Å². The molecule has 1 heterocycles. The third-order valence-corrected chi connectivity index (χ3v) is 6.59. The van der Waals surface area contributed by atoms with Crippen LogP contribution in [0.15, 0.2) is 59.5 Å². The third kappa shape index (κ3) is 5.60. The Morgan fingerprint density at radius 2 is 1.79 bits per heavy atom. The fraction of sp³-hybridized carbons (Fsp3) is 0.400. The first-order valence-corrected chi connectivity index (χ1v) is 10.9. The average Bonchev–Trinajstić information content (AvgIpc) is 2.72. The number of nitrogens with one attached hydrogen (secondary N) is 1. The molecule has 28 heavy (non-hydrogen) atoms. The van der Waals surface area contributed by atoms with Crippen molar-refractivity contribution in [3.05, 3.63) is 70.3 Å². The molecular formula is C20H25N3O4S. The van der Waals surface area contributed by atoms with Crippen molar-refractivity contribution in [3.63, 3.8) is 0 Å². The van der Waals surface area contributed by atoms with Crippen molar-refractivity contribution in [2.24, 2.45) is 5.92 Å². The molecule has 0 aromatic heterocycles. The summed E-state index contributed by atoms with van der Waals surface area (Å²) in [5, 5.41) is 10.8. The average molecular weight is 404 g/mol. The van der Waals surface area contributed by atoms with E-state index in [4.69, 9.17) is 0 Å². The van der Waals surface area contributed by atoms with Crippen LogP contribution in [0.4, 0.5) is 5.69 Å². The Balaban J connectivity index is 1.46. The molecule has 7 nitrogen and oxygen atoms in total. The number of likely N-dealkylation sites (tertiary alicyclic amines) is 1. The number of benzene rings is 2. The van der Waals surface area contributed by atoms with Crippen molar-refractivity contribution in [1.82, 2.24) is 9.62 Å². The van der Waals surface area contributed by atoms with Gasteiger partial charge in [-0.3, -0.25) is 10.1 Å². The summed E-state index contributed by atoms with van der Waals surface area (Å²) >= 11 is 0.